The number of amides is 1. The summed E-state index contributed by atoms with van der Waals surface area (Å²) in [6.07, 6.45) is -2.85. The maximum atomic E-state index is 12.6. The highest BCUT2D eigenvalue weighted by atomic mass is 19.4. The number of carbonyl (C=O) groups is 2. The summed E-state index contributed by atoms with van der Waals surface area (Å²) in [5.41, 5.74) is 0.443. The van der Waals surface area contributed by atoms with Crippen molar-refractivity contribution in [3.05, 3.63) is 29.8 Å². The molecule has 1 aromatic heterocycles. The number of aromatic nitrogens is 1. The monoisotopic (exact) mass is 337 g/mol. The van der Waals surface area contributed by atoms with E-state index in [0.29, 0.717) is 18.2 Å². The van der Waals surface area contributed by atoms with Gasteiger partial charge in [-0.25, -0.2) is 9.78 Å². The molecular formula is C13H15F4N3O3. The molecule has 128 valence electrons. The van der Waals surface area contributed by atoms with Crippen LogP contribution in [-0.2, 0) is 4.79 Å². The van der Waals surface area contributed by atoms with Crippen LogP contribution in [-0.4, -0.2) is 59.2 Å². The number of alkyl halides is 3. The maximum absolute atomic E-state index is 12.6. The van der Waals surface area contributed by atoms with E-state index < -0.39 is 18.1 Å². The maximum Gasteiger partial charge on any atom is 0.490 e. The van der Waals surface area contributed by atoms with Crippen LogP contribution in [0, 0.1) is 5.95 Å². The highest BCUT2D eigenvalue weighted by Gasteiger charge is 2.38. The molecule has 23 heavy (non-hydrogen) atoms. The molecule has 1 saturated heterocycles. The Balaban J connectivity index is 0.000000322. The number of hydrogen-bond acceptors (Lipinski definition) is 4. The third kappa shape index (κ3) is 5.81. The summed E-state index contributed by atoms with van der Waals surface area (Å²) in [6.45, 7) is 1.44. The number of nitrogens with one attached hydrogen (secondary N) is 1. The second kappa shape index (κ2) is 7.86. The fourth-order valence-corrected chi connectivity index (χ4v) is 1.87. The van der Waals surface area contributed by atoms with E-state index in [-0.39, 0.29) is 5.91 Å². The minimum Gasteiger partial charge on any atom is -0.475 e. The van der Waals surface area contributed by atoms with Gasteiger partial charge in [0.2, 0.25) is 5.95 Å². The van der Waals surface area contributed by atoms with Gasteiger partial charge in [-0.15, -0.1) is 0 Å². The largest absolute Gasteiger partial charge is 0.490 e. The highest BCUT2D eigenvalue weighted by molar-refractivity contribution is 5.94. The van der Waals surface area contributed by atoms with Crippen LogP contribution < -0.4 is 5.32 Å². The Hall–Kier alpha value is -2.23. The Morgan fingerprint density at radius 3 is 2.39 bits per heavy atom. The number of aliphatic carboxylic acids is 1. The lowest BCUT2D eigenvalue weighted by Gasteiger charge is -2.16. The lowest BCUT2D eigenvalue weighted by atomic mass is 10.2. The van der Waals surface area contributed by atoms with E-state index >= 15 is 0 Å². The summed E-state index contributed by atoms with van der Waals surface area (Å²) in [5, 5.41) is 10.3. The van der Waals surface area contributed by atoms with E-state index in [4.69, 9.17) is 9.90 Å². The summed E-state index contributed by atoms with van der Waals surface area (Å²) in [4.78, 5) is 26.1. The molecule has 0 spiro atoms. The zero-order valence-corrected chi connectivity index (χ0v) is 12.1. The Bertz CT molecular complexity index is 548. The molecule has 6 nitrogen and oxygen atoms in total. The molecule has 0 aliphatic carbocycles. The van der Waals surface area contributed by atoms with E-state index in [9.17, 15) is 22.4 Å². The lowest BCUT2D eigenvalue weighted by Crippen LogP contribution is -2.33. The Morgan fingerprint density at radius 1 is 1.39 bits per heavy atom. The molecule has 1 aliphatic heterocycles. The normalized spacial score (nSPS) is 17.4. The van der Waals surface area contributed by atoms with Gasteiger partial charge in [0.15, 0.2) is 0 Å². The molecule has 2 N–H and O–H groups in total. The number of likely N-dealkylation sites (N-methyl/N-ethyl adjacent to an activating group) is 1. The van der Waals surface area contributed by atoms with Gasteiger partial charge in [0, 0.05) is 25.3 Å². The third-order valence-corrected chi connectivity index (χ3v) is 3.10. The van der Waals surface area contributed by atoms with E-state index in [1.807, 2.05) is 7.05 Å². The van der Waals surface area contributed by atoms with Crippen LogP contribution in [0.1, 0.15) is 16.8 Å². The van der Waals surface area contributed by atoms with E-state index in [1.54, 1.807) is 4.90 Å². The molecule has 1 unspecified atom stereocenters. The average Bonchev–Trinajstić information content (AvgIpc) is 2.96. The highest BCUT2D eigenvalue weighted by Crippen LogP contribution is 2.13. The first-order valence-electron chi connectivity index (χ1n) is 6.53. The van der Waals surface area contributed by atoms with Crippen molar-refractivity contribution >= 4 is 11.9 Å². The zero-order valence-electron chi connectivity index (χ0n) is 12.1. The van der Waals surface area contributed by atoms with Gasteiger partial charge in [-0.1, -0.05) is 0 Å². The predicted molar refractivity (Wildman–Crippen MR) is 71.3 cm³/mol. The lowest BCUT2D eigenvalue weighted by molar-refractivity contribution is -0.192. The number of hydrogen-bond donors (Lipinski definition) is 2. The number of halogens is 4. The van der Waals surface area contributed by atoms with Gasteiger partial charge in [0.25, 0.3) is 5.91 Å². The second-order valence-electron chi connectivity index (χ2n) is 4.70. The van der Waals surface area contributed by atoms with Gasteiger partial charge < -0.3 is 15.3 Å². The number of likely N-dealkylation sites (tertiary alicyclic amines) is 1. The topological polar surface area (TPSA) is 82.5 Å². The van der Waals surface area contributed by atoms with Crippen LogP contribution in [0.25, 0.3) is 0 Å². The van der Waals surface area contributed by atoms with Crippen LogP contribution in [0.2, 0.25) is 0 Å². The fourth-order valence-electron chi connectivity index (χ4n) is 1.87. The number of carbonyl (C=O) groups excluding carboxylic acids is 1. The van der Waals surface area contributed by atoms with Crippen molar-refractivity contribution in [1.29, 1.82) is 0 Å². The first kappa shape index (κ1) is 18.8. The van der Waals surface area contributed by atoms with Crippen molar-refractivity contribution in [2.24, 2.45) is 0 Å². The van der Waals surface area contributed by atoms with E-state index in [2.05, 4.69) is 10.3 Å². The van der Waals surface area contributed by atoms with Gasteiger partial charge >= 0.3 is 12.1 Å². The van der Waals surface area contributed by atoms with Gasteiger partial charge in [-0.2, -0.15) is 17.6 Å². The standard InChI is InChI=1S/C11H14FN3O.C2HF3O2/c1-13-9-4-5-15(7-9)11(16)8-2-3-10(12)14-6-8;3-2(4,5)1(6)7/h2-3,6,9,13H,4-5,7H2,1H3;(H,6,7). The molecule has 2 heterocycles. The first-order chi connectivity index (χ1) is 10.6. The first-order valence-corrected chi connectivity index (χ1v) is 6.53. The second-order valence-corrected chi connectivity index (χ2v) is 4.70. The SMILES string of the molecule is CNC1CCN(C(=O)c2ccc(F)nc2)C1.O=C(O)C(F)(F)F. The van der Waals surface area contributed by atoms with Crippen LogP contribution in [0.3, 0.4) is 0 Å². The quantitative estimate of drug-likeness (QED) is 0.628. The van der Waals surface area contributed by atoms with Crippen molar-refractivity contribution < 1.29 is 32.3 Å². The number of carboxylic acid groups (broad SMARTS) is 1. The van der Waals surface area contributed by atoms with Crippen LogP contribution in [0.4, 0.5) is 17.6 Å². The third-order valence-electron chi connectivity index (χ3n) is 3.10. The molecule has 0 bridgehead atoms. The molecule has 2 rings (SSSR count). The number of pyridine rings is 1. The predicted octanol–water partition coefficient (Wildman–Crippen LogP) is 1.29. The van der Waals surface area contributed by atoms with Gasteiger partial charge in [0.1, 0.15) is 0 Å². The number of nitrogens with zero attached hydrogens (tertiary/aromatic N) is 2. The minimum absolute atomic E-state index is 0.0785. The summed E-state index contributed by atoms with van der Waals surface area (Å²) in [6, 6.07) is 3.04. The number of carboxylic acids is 1. The van der Waals surface area contributed by atoms with E-state index in [1.165, 1.54) is 18.3 Å². The Morgan fingerprint density at radius 2 is 2.00 bits per heavy atom. The molecule has 1 atom stereocenters. The summed E-state index contributed by atoms with van der Waals surface area (Å²) in [5.74, 6) is -3.40. The Kier molecular flexibility index (Phi) is 6.43. The van der Waals surface area contributed by atoms with Crippen molar-refractivity contribution in [3.8, 4) is 0 Å². The number of rotatable bonds is 2. The van der Waals surface area contributed by atoms with Crippen LogP contribution in [0.5, 0.6) is 0 Å². The van der Waals surface area contributed by atoms with Crippen molar-refractivity contribution in [2.45, 2.75) is 18.6 Å². The van der Waals surface area contributed by atoms with Gasteiger partial charge in [0.05, 0.1) is 5.56 Å². The van der Waals surface area contributed by atoms with Gasteiger partial charge in [-0.3, -0.25) is 4.79 Å². The summed E-state index contributed by atoms with van der Waals surface area (Å²) in [7, 11) is 1.89. The van der Waals surface area contributed by atoms with Crippen LogP contribution >= 0.6 is 0 Å². The van der Waals surface area contributed by atoms with Crippen molar-refractivity contribution in [3.63, 3.8) is 0 Å². The van der Waals surface area contributed by atoms with E-state index in [0.717, 1.165) is 13.0 Å². The Labute approximate surface area is 129 Å². The smallest absolute Gasteiger partial charge is 0.475 e. The minimum atomic E-state index is -5.08. The van der Waals surface area contributed by atoms with Crippen LogP contribution in [0.15, 0.2) is 18.3 Å². The summed E-state index contributed by atoms with van der Waals surface area (Å²) < 4.78 is 44.3. The van der Waals surface area contributed by atoms with Crippen molar-refractivity contribution in [2.75, 3.05) is 20.1 Å². The molecule has 0 aromatic carbocycles. The fraction of sp³-hybridized carbons (Fsp3) is 0.462. The zero-order chi connectivity index (χ0) is 17.6. The molecular weight excluding hydrogens is 322 g/mol. The molecule has 10 heteroatoms. The van der Waals surface area contributed by atoms with Crippen molar-refractivity contribution in [1.82, 2.24) is 15.2 Å². The molecule has 1 aromatic rings. The molecule has 0 saturated carbocycles. The molecule has 1 amide bonds. The average molecular weight is 337 g/mol. The summed E-state index contributed by atoms with van der Waals surface area (Å²) >= 11 is 0. The molecule has 1 aliphatic rings. The molecule has 1 fully saturated rings. The molecule has 0 radical (unpaired) electrons. The van der Waals surface area contributed by atoms with Gasteiger partial charge in [-0.05, 0) is 25.6 Å².